The lowest BCUT2D eigenvalue weighted by atomic mass is 10.0. The van der Waals surface area contributed by atoms with E-state index in [0.717, 1.165) is 25.9 Å². The maximum absolute atomic E-state index is 12.4. The van der Waals surface area contributed by atoms with Gasteiger partial charge in [-0.1, -0.05) is 12.5 Å². The lowest BCUT2D eigenvalue weighted by Crippen LogP contribution is -2.40. The van der Waals surface area contributed by atoms with E-state index in [0.29, 0.717) is 30.8 Å². The third-order valence-electron chi connectivity index (χ3n) is 4.71. The Hall–Kier alpha value is -2.08. The van der Waals surface area contributed by atoms with Gasteiger partial charge in [-0.05, 0) is 43.9 Å². The van der Waals surface area contributed by atoms with Crippen LogP contribution in [0.5, 0.6) is 5.75 Å². The molecular weight excluding hydrogens is 310 g/mol. The highest BCUT2D eigenvalue weighted by Crippen LogP contribution is 2.26. The van der Waals surface area contributed by atoms with E-state index in [-0.39, 0.29) is 18.1 Å². The zero-order valence-corrected chi connectivity index (χ0v) is 13.6. The number of ether oxygens (including phenoxy) is 2. The minimum atomic E-state index is -0.841. The molecule has 2 fully saturated rings. The van der Waals surface area contributed by atoms with E-state index in [2.05, 4.69) is 5.32 Å². The number of carboxylic acid groups (broad SMARTS) is 1. The summed E-state index contributed by atoms with van der Waals surface area (Å²) in [5.74, 6) is -0.964. The number of hydrogen-bond donors (Lipinski definition) is 2. The van der Waals surface area contributed by atoms with Crippen LogP contribution in [-0.4, -0.2) is 42.3 Å². The molecule has 130 valence electrons. The first kappa shape index (κ1) is 16.8. The maximum Gasteiger partial charge on any atom is 0.308 e. The molecule has 2 aliphatic rings. The molecule has 3 rings (SSSR count). The van der Waals surface area contributed by atoms with Crippen molar-refractivity contribution in [2.75, 3.05) is 13.2 Å². The standard InChI is InChI=1S/C18H23NO5/c20-17(19-16-8-2-7-15(16)18(21)22)12-4-1-5-13(10-12)24-11-14-6-3-9-23-14/h1,4-5,10,14-16H,2-3,6-9,11H2,(H,19,20)(H,21,22)/t14?,15-,16+/m1/s1. The van der Waals surface area contributed by atoms with Crippen molar-refractivity contribution in [1.82, 2.24) is 5.32 Å². The molecule has 2 N–H and O–H groups in total. The van der Waals surface area contributed by atoms with Gasteiger partial charge in [-0.25, -0.2) is 0 Å². The van der Waals surface area contributed by atoms with Gasteiger partial charge in [-0.2, -0.15) is 0 Å². The second kappa shape index (κ2) is 7.66. The Bertz CT molecular complexity index is 597. The predicted molar refractivity (Wildman–Crippen MR) is 87.1 cm³/mol. The Morgan fingerprint density at radius 1 is 1.25 bits per heavy atom. The van der Waals surface area contributed by atoms with Crippen LogP contribution in [0.25, 0.3) is 0 Å². The third kappa shape index (κ3) is 4.06. The number of carboxylic acids is 1. The second-order valence-corrected chi connectivity index (χ2v) is 6.43. The highest BCUT2D eigenvalue weighted by molar-refractivity contribution is 5.95. The number of amides is 1. The van der Waals surface area contributed by atoms with Gasteiger partial charge < -0.3 is 19.9 Å². The van der Waals surface area contributed by atoms with Crippen molar-refractivity contribution in [3.8, 4) is 5.75 Å². The van der Waals surface area contributed by atoms with Gasteiger partial charge in [0.2, 0.25) is 0 Å². The summed E-state index contributed by atoms with van der Waals surface area (Å²) >= 11 is 0. The zero-order chi connectivity index (χ0) is 16.9. The molecule has 1 aromatic rings. The SMILES string of the molecule is O=C(N[C@H]1CCC[C@H]1C(=O)O)c1cccc(OCC2CCCO2)c1. The summed E-state index contributed by atoms with van der Waals surface area (Å²) in [6, 6.07) is 6.67. The highest BCUT2D eigenvalue weighted by Gasteiger charge is 2.34. The van der Waals surface area contributed by atoms with Crippen molar-refractivity contribution in [2.24, 2.45) is 5.92 Å². The van der Waals surface area contributed by atoms with Crippen molar-refractivity contribution in [3.63, 3.8) is 0 Å². The smallest absolute Gasteiger partial charge is 0.308 e. The van der Waals surface area contributed by atoms with Crippen LogP contribution < -0.4 is 10.1 Å². The van der Waals surface area contributed by atoms with E-state index in [1.165, 1.54) is 0 Å². The van der Waals surface area contributed by atoms with E-state index in [1.807, 2.05) is 0 Å². The Balaban J connectivity index is 1.58. The van der Waals surface area contributed by atoms with Crippen molar-refractivity contribution in [2.45, 2.75) is 44.2 Å². The molecule has 0 bridgehead atoms. The van der Waals surface area contributed by atoms with Gasteiger partial charge in [0, 0.05) is 18.2 Å². The number of benzene rings is 1. The molecule has 1 aliphatic carbocycles. The predicted octanol–water partition coefficient (Wildman–Crippen LogP) is 2.23. The number of hydrogen-bond acceptors (Lipinski definition) is 4. The molecule has 1 unspecified atom stereocenters. The Labute approximate surface area is 141 Å². The first-order valence-electron chi connectivity index (χ1n) is 8.51. The van der Waals surface area contributed by atoms with Gasteiger partial charge in [-0.15, -0.1) is 0 Å². The van der Waals surface area contributed by atoms with Crippen molar-refractivity contribution in [3.05, 3.63) is 29.8 Å². The Kier molecular flexibility index (Phi) is 5.35. The molecule has 24 heavy (non-hydrogen) atoms. The summed E-state index contributed by atoms with van der Waals surface area (Å²) in [5, 5.41) is 12.1. The zero-order valence-electron chi connectivity index (χ0n) is 13.6. The molecule has 0 aromatic heterocycles. The first-order valence-corrected chi connectivity index (χ1v) is 8.51. The molecule has 3 atom stereocenters. The largest absolute Gasteiger partial charge is 0.491 e. The summed E-state index contributed by atoms with van der Waals surface area (Å²) in [7, 11) is 0. The van der Waals surface area contributed by atoms with Gasteiger partial charge >= 0.3 is 5.97 Å². The highest BCUT2D eigenvalue weighted by atomic mass is 16.5. The van der Waals surface area contributed by atoms with Crippen LogP contribution in [-0.2, 0) is 9.53 Å². The quantitative estimate of drug-likeness (QED) is 0.834. The van der Waals surface area contributed by atoms with Crippen molar-refractivity contribution < 1.29 is 24.2 Å². The molecule has 0 radical (unpaired) electrons. The fraction of sp³-hybridized carbons (Fsp3) is 0.556. The average Bonchev–Trinajstić information content (AvgIpc) is 3.24. The van der Waals surface area contributed by atoms with Gasteiger partial charge in [0.15, 0.2) is 0 Å². The topological polar surface area (TPSA) is 84.9 Å². The van der Waals surface area contributed by atoms with Gasteiger partial charge in [0.25, 0.3) is 5.91 Å². The molecule has 6 nitrogen and oxygen atoms in total. The molecule has 1 aliphatic heterocycles. The molecule has 1 heterocycles. The summed E-state index contributed by atoms with van der Waals surface area (Å²) in [6.07, 6.45) is 4.33. The molecule has 1 saturated carbocycles. The maximum atomic E-state index is 12.4. The first-order chi connectivity index (χ1) is 11.6. The normalized spacial score (nSPS) is 26.2. The Morgan fingerprint density at radius 3 is 2.88 bits per heavy atom. The fourth-order valence-electron chi connectivity index (χ4n) is 3.37. The fourth-order valence-corrected chi connectivity index (χ4v) is 3.37. The van der Waals surface area contributed by atoms with E-state index in [9.17, 15) is 14.7 Å². The average molecular weight is 333 g/mol. The molecule has 1 amide bonds. The number of nitrogens with one attached hydrogen (secondary N) is 1. The van der Waals surface area contributed by atoms with Crippen LogP contribution in [0.15, 0.2) is 24.3 Å². The number of rotatable bonds is 6. The minimum Gasteiger partial charge on any atom is -0.491 e. The Morgan fingerprint density at radius 2 is 2.12 bits per heavy atom. The van der Waals surface area contributed by atoms with E-state index < -0.39 is 11.9 Å². The molecule has 0 spiro atoms. The molecular formula is C18H23NO5. The minimum absolute atomic E-state index is 0.122. The van der Waals surface area contributed by atoms with Crippen LogP contribution in [0.1, 0.15) is 42.5 Å². The second-order valence-electron chi connectivity index (χ2n) is 6.43. The molecule has 1 aromatic carbocycles. The summed E-state index contributed by atoms with van der Waals surface area (Å²) in [5.41, 5.74) is 0.482. The van der Waals surface area contributed by atoms with Crippen LogP contribution >= 0.6 is 0 Å². The third-order valence-corrected chi connectivity index (χ3v) is 4.71. The van der Waals surface area contributed by atoms with E-state index in [4.69, 9.17) is 9.47 Å². The van der Waals surface area contributed by atoms with Gasteiger partial charge in [0.05, 0.1) is 12.0 Å². The van der Waals surface area contributed by atoms with E-state index >= 15 is 0 Å². The van der Waals surface area contributed by atoms with Crippen LogP contribution in [0.4, 0.5) is 0 Å². The van der Waals surface area contributed by atoms with Crippen LogP contribution in [0.2, 0.25) is 0 Å². The monoisotopic (exact) mass is 333 g/mol. The number of aliphatic carboxylic acids is 1. The number of carbonyl (C=O) groups is 2. The lowest BCUT2D eigenvalue weighted by molar-refractivity contribution is -0.142. The summed E-state index contributed by atoms with van der Waals surface area (Å²) in [4.78, 5) is 23.6. The van der Waals surface area contributed by atoms with Gasteiger partial charge in [0.1, 0.15) is 12.4 Å². The number of carbonyl (C=O) groups excluding carboxylic acids is 1. The van der Waals surface area contributed by atoms with E-state index in [1.54, 1.807) is 24.3 Å². The molecule has 6 heteroatoms. The van der Waals surface area contributed by atoms with Gasteiger partial charge in [-0.3, -0.25) is 9.59 Å². The van der Waals surface area contributed by atoms with Crippen LogP contribution in [0, 0.1) is 5.92 Å². The van der Waals surface area contributed by atoms with Crippen LogP contribution in [0.3, 0.4) is 0 Å². The van der Waals surface area contributed by atoms with Crippen molar-refractivity contribution >= 4 is 11.9 Å². The molecule has 1 saturated heterocycles. The summed E-state index contributed by atoms with van der Waals surface area (Å²) in [6.45, 7) is 1.26. The van der Waals surface area contributed by atoms with Crippen molar-refractivity contribution in [1.29, 1.82) is 0 Å². The summed E-state index contributed by atoms with van der Waals surface area (Å²) < 4.78 is 11.2. The lowest BCUT2D eigenvalue weighted by Gasteiger charge is -2.18.